The van der Waals surface area contributed by atoms with Gasteiger partial charge >= 0.3 is 0 Å². The monoisotopic (exact) mass is 344 g/mol. The Kier molecular flexibility index (Phi) is 4.97. The average molecular weight is 344 g/mol. The molecule has 24 heavy (non-hydrogen) atoms. The summed E-state index contributed by atoms with van der Waals surface area (Å²) in [7, 11) is 1.58. The number of benzene rings is 1. The molecule has 1 aromatic carbocycles. The topological polar surface area (TPSA) is 58.6 Å². The smallest absolute Gasteiger partial charge is 0.251 e. The van der Waals surface area contributed by atoms with Crippen LogP contribution in [0.25, 0.3) is 0 Å². The number of imide groups is 1. The van der Waals surface area contributed by atoms with E-state index < -0.39 is 6.04 Å². The first-order chi connectivity index (χ1) is 11.6. The number of hydrogen-bond acceptors (Lipinski definition) is 5. The Morgan fingerprint density at radius 3 is 2.62 bits per heavy atom. The molecule has 1 N–H and O–H groups in total. The molecule has 1 atom stereocenters. The highest BCUT2D eigenvalue weighted by Crippen LogP contribution is 2.25. The zero-order chi connectivity index (χ0) is 17.1. The average Bonchev–Trinajstić information content (AvgIpc) is 3.11. The summed E-state index contributed by atoms with van der Waals surface area (Å²) in [6.07, 6.45) is 1.07. The second-order valence-electron chi connectivity index (χ2n) is 5.75. The van der Waals surface area contributed by atoms with Gasteiger partial charge in [-0.05, 0) is 54.6 Å². The van der Waals surface area contributed by atoms with Crippen LogP contribution in [0, 0.1) is 6.92 Å². The number of rotatable bonds is 6. The lowest BCUT2D eigenvalue weighted by Crippen LogP contribution is -2.39. The summed E-state index contributed by atoms with van der Waals surface area (Å²) >= 11 is 1.72. The number of thiophene rings is 1. The van der Waals surface area contributed by atoms with Gasteiger partial charge in [0.15, 0.2) is 0 Å². The lowest BCUT2D eigenvalue weighted by atomic mass is 10.2. The summed E-state index contributed by atoms with van der Waals surface area (Å²) in [6.45, 7) is 2.77. The molecule has 2 heterocycles. The van der Waals surface area contributed by atoms with Gasteiger partial charge in [0, 0.05) is 11.4 Å². The number of nitrogens with zero attached hydrogens (tertiary/aromatic N) is 1. The number of hydrogen-bond donors (Lipinski definition) is 1. The van der Waals surface area contributed by atoms with Gasteiger partial charge in [-0.1, -0.05) is 0 Å². The number of methoxy groups -OCH3 is 1. The first-order valence-electron chi connectivity index (χ1n) is 7.87. The van der Waals surface area contributed by atoms with Crippen molar-refractivity contribution in [1.29, 1.82) is 0 Å². The number of carbonyl (C=O) groups is 2. The SMILES string of the molecule is COc1ccc(N2C(=O)C[C@@H](NCCc3sccc3C)C2=O)cc1. The molecule has 1 aliphatic rings. The van der Waals surface area contributed by atoms with Crippen molar-refractivity contribution >= 4 is 28.8 Å². The van der Waals surface area contributed by atoms with Gasteiger partial charge in [-0.3, -0.25) is 9.59 Å². The number of anilines is 1. The van der Waals surface area contributed by atoms with Crippen molar-refractivity contribution in [1.82, 2.24) is 5.32 Å². The minimum atomic E-state index is -0.445. The van der Waals surface area contributed by atoms with E-state index in [2.05, 4.69) is 23.7 Å². The highest BCUT2D eigenvalue weighted by molar-refractivity contribution is 7.10. The number of amides is 2. The third kappa shape index (κ3) is 3.34. The molecule has 5 nitrogen and oxygen atoms in total. The van der Waals surface area contributed by atoms with Gasteiger partial charge in [0.25, 0.3) is 5.91 Å². The van der Waals surface area contributed by atoms with Gasteiger partial charge in [0.2, 0.25) is 5.91 Å². The van der Waals surface area contributed by atoms with Crippen LogP contribution in [0.5, 0.6) is 5.75 Å². The first kappa shape index (κ1) is 16.7. The summed E-state index contributed by atoms with van der Waals surface area (Å²) in [6, 6.07) is 8.60. The molecule has 6 heteroatoms. The van der Waals surface area contributed by atoms with Crippen LogP contribution in [-0.4, -0.2) is 31.5 Å². The Labute approximate surface area is 145 Å². The maximum atomic E-state index is 12.5. The van der Waals surface area contributed by atoms with Crippen LogP contribution in [-0.2, 0) is 16.0 Å². The molecule has 0 spiro atoms. The van der Waals surface area contributed by atoms with Gasteiger partial charge < -0.3 is 10.1 Å². The maximum absolute atomic E-state index is 12.5. The summed E-state index contributed by atoms with van der Waals surface area (Å²) in [5.74, 6) is 0.335. The number of nitrogens with one attached hydrogen (secondary N) is 1. The van der Waals surface area contributed by atoms with Gasteiger partial charge in [-0.25, -0.2) is 4.90 Å². The highest BCUT2D eigenvalue weighted by atomic mass is 32.1. The molecule has 0 aliphatic carbocycles. The molecule has 1 fully saturated rings. The van der Waals surface area contributed by atoms with Crippen LogP contribution < -0.4 is 15.0 Å². The number of aryl methyl sites for hydroxylation is 1. The minimum absolute atomic E-state index is 0.171. The molecule has 0 bridgehead atoms. The van der Waals surface area contributed by atoms with Gasteiger partial charge in [0.1, 0.15) is 5.75 Å². The highest BCUT2D eigenvalue weighted by Gasteiger charge is 2.39. The fraction of sp³-hybridized carbons (Fsp3) is 0.333. The van der Waals surface area contributed by atoms with E-state index in [1.807, 2.05) is 0 Å². The molecule has 2 aromatic rings. The minimum Gasteiger partial charge on any atom is -0.497 e. The summed E-state index contributed by atoms with van der Waals surface area (Å²) < 4.78 is 5.11. The van der Waals surface area contributed by atoms with E-state index >= 15 is 0 Å². The zero-order valence-electron chi connectivity index (χ0n) is 13.7. The summed E-state index contributed by atoms with van der Waals surface area (Å²) in [4.78, 5) is 27.3. The van der Waals surface area contributed by atoms with Crippen LogP contribution in [0.15, 0.2) is 35.7 Å². The molecule has 1 aromatic heterocycles. The van der Waals surface area contributed by atoms with E-state index in [1.54, 1.807) is 42.7 Å². The molecular formula is C18H20N2O3S. The van der Waals surface area contributed by atoms with Gasteiger partial charge in [-0.15, -0.1) is 11.3 Å². The Hall–Kier alpha value is -2.18. The van der Waals surface area contributed by atoms with Crippen LogP contribution in [0.1, 0.15) is 16.9 Å². The van der Waals surface area contributed by atoms with E-state index in [4.69, 9.17) is 4.74 Å². The van der Waals surface area contributed by atoms with E-state index in [1.165, 1.54) is 15.3 Å². The van der Waals surface area contributed by atoms with E-state index in [-0.39, 0.29) is 18.2 Å². The van der Waals surface area contributed by atoms with E-state index in [9.17, 15) is 9.59 Å². The second kappa shape index (κ2) is 7.15. The van der Waals surface area contributed by atoms with Crippen molar-refractivity contribution in [2.24, 2.45) is 0 Å². The molecular weight excluding hydrogens is 324 g/mol. The Morgan fingerprint density at radius 2 is 2.00 bits per heavy atom. The predicted octanol–water partition coefficient (Wildman–Crippen LogP) is 2.53. The fourth-order valence-electron chi connectivity index (χ4n) is 2.81. The van der Waals surface area contributed by atoms with Crippen molar-refractivity contribution in [2.75, 3.05) is 18.6 Å². The summed E-state index contributed by atoms with van der Waals surface area (Å²) in [5, 5.41) is 5.29. The number of ether oxygens (including phenoxy) is 1. The van der Waals surface area contributed by atoms with Crippen molar-refractivity contribution in [2.45, 2.75) is 25.8 Å². The molecule has 2 amide bonds. The molecule has 0 radical (unpaired) electrons. The zero-order valence-corrected chi connectivity index (χ0v) is 14.6. The lowest BCUT2D eigenvalue weighted by molar-refractivity contribution is -0.121. The van der Waals surface area contributed by atoms with E-state index in [0.29, 0.717) is 18.0 Å². The van der Waals surface area contributed by atoms with Crippen LogP contribution in [0.3, 0.4) is 0 Å². The van der Waals surface area contributed by atoms with Crippen LogP contribution in [0.2, 0.25) is 0 Å². The molecule has 3 rings (SSSR count). The molecule has 1 aliphatic heterocycles. The van der Waals surface area contributed by atoms with Crippen molar-refractivity contribution in [3.8, 4) is 5.75 Å². The van der Waals surface area contributed by atoms with Gasteiger partial charge in [-0.2, -0.15) is 0 Å². The molecule has 1 saturated heterocycles. The van der Waals surface area contributed by atoms with E-state index in [0.717, 1.165) is 6.42 Å². The third-order valence-electron chi connectivity index (χ3n) is 4.19. The number of carbonyl (C=O) groups excluding carboxylic acids is 2. The lowest BCUT2D eigenvalue weighted by Gasteiger charge is -2.16. The normalized spacial score (nSPS) is 17.6. The van der Waals surface area contributed by atoms with Crippen molar-refractivity contribution in [3.05, 3.63) is 46.2 Å². The fourth-order valence-corrected chi connectivity index (χ4v) is 3.72. The third-order valence-corrected chi connectivity index (χ3v) is 5.27. The second-order valence-corrected chi connectivity index (χ2v) is 6.75. The predicted molar refractivity (Wildman–Crippen MR) is 94.7 cm³/mol. The molecule has 126 valence electrons. The maximum Gasteiger partial charge on any atom is 0.251 e. The Balaban J connectivity index is 1.62. The largest absolute Gasteiger partial charge is 0.497 e. The standard InChI is InChI=1S/C18H20N2O3S/c1-12-8-10-24-16(12)7-9-19-15-11-17(21)20(18(15)22)13-3-5-14(23-2)6-4-13/h3-6,8,10,15,19H,7,9,11H2,1-2H3/t15-/m1/s1. The van der Waals surface area contributed by atoms with Crippen LogP contribution >= 0.6 is 11.3 Å². The van der Waals surface area contributed by atoms with Crippen molar-refractivity contribution in [3.63, 3.8) is 0 Å². The Bertz CT molecular complexity index is 739. The van der Waals surface area contributed by atoms with Gasteiger partial charge in [0.05, 0.1) is 25.3 Å². The first-order valence-corrected chi connectivity index (χ1v) is 8.75. The quantitative estimate of drug-likeness (QED) is 0.818. The summed E-state index contributed by atoms with van der Waals surface area (Å²) in [5.41, 5.74) is 1.86. The van der Waals surface area contributed by atoms with Crippen LogP contribution in [0.4, 0.5) is 5.69 Å². The Morgan fingerprint density at radius 1 is 1.25 bits per heavy atom. The molecule has 0 unspecified atom stereocenters. The molecule has 0 saturated carbocycles. The van der Waals surface area contributed by atoms with Crippen molar-refractivity contribution < 1.29 is 14.3 Å².